The highest BCUT2D eigenvalue weighted by molar-refractivity contribution is 5.76. The molecule has 8 heteroatoms. The smallest absolute Gasteiger partial charge is 0.227 e. The average Bonchev–Trinajstić information content (AvgIpc) is 3.15. The van der Waals surface area contributed by atoms with Crippen LogP contribution in [0.5, 0.6) is 5.75 Å². The quantitative estimate of drug-likeness (QED) is 0.726. The van der Waals surface area contributed by atoms with Crippen molar-refractivity contribution in [3.8, 4) is 17.1 Å². The number of benzene rings is 1. The maximum Gasteiger partial charge on any atom is 0.227 e. The van der Waals surface area contributed by atoms with Gasteiger partial charge >= 0.3 is 0 Å². The minimum absolute atomic E-state index is 0.0340. The number of ether oxygens (including phenoxy) is 1. The third-order valence-electron chi connectivity index (χ3n) is 4.16. The number of hydrogen-bond donors (Lipinski definition) is 0. The first kappa shape index (κ1) is 16.9. The normalized spacial score (nSPS) is 14.4. The van der Waals surface area contributed by atoms with Crippen LogP contribution in [0, 0.1) is 0 Å². The second-order valence-corrected chi connectivity index (χ2v) is 5.77. The maximum atomic E-state index is 12.2. The lowest BCUT2D eigenvalue weighted by molar-refractivity contribution is -0.135. The predicted molar refractivity (Wildman–Crippen MR) is 88.8 cm³/mol. The molecule has 1 aliphatic heterocycles. The summed E-state index contributed by atoms with van der Waals surface area (Å²) in [7, 11) is 1.60. The van der Waals surface area contributed by atoms with E-state index in [-0.39, 0.29) is 5.91 Å². The van der Waals surface area contributed by atoms with Crippen molar-refractivity contribution < 1.29 is 18.8 Å². The summed E-state index contributed by atoms with van der Waals surface area (Å²) in [4.78, 5) is 30.7. The third kappa shape index (κ3) is 4.14. The number of methoxy groups -OCH3 is 1. The minimum atomic E-state index is 0.0340. The fourth-order valence-electron chi connectivity index (χ4n) is 2.68. The SMILES string of the molecule is COc1cccc(-c2noc(CCC(=O)N3CCN(C=O)CC3)n2)c1. The maximum absolute atomic E-state index is 12.2. The van der Waals surface area contributed by atoms with Crippen LogP contribution in [-0.4, -0.2) is 65.5 Å². The van der Waals surface area contributed by atoms with Gasteiger partial charge in [-0.15, -0.1) is 0 Å². The van der Waals surface area contributed by atoms with E-state index < -0.39 is 0 Å². The Morgan fingerprint density at radius 3 is 2.84 bits per heavy atom. The molecule has 0 saturated carbocycles. The molecule has 2 aromatic rings. The molecule has 8 nitrogen and oxygen atoms in total. The highest BCUT2D eigenvalue weighted by Crippen LogP contribution is 2.21. The van der Waals surface area contributed by atoms with E-state index in [2.05, 4.69) is 10.1 Å². The second kappa shape index (κ2) is 7.78. The first-order valence-corrected chi connectivity index (χ1v) is 8.13. The van der Waals surface area contributed by atoms with Crippen LogP contribution in [0.2, 0.25) is 0 Å². The van der Waals surface area contributed by atoms with Crippen LogP contribution in [0.15, 0.2) is 28.8 Å². The number of carbonyl (C=O) groups is 2. The molecule has 0 aliphatic carbocycles. The number of amides is 2. The molecule has 2 heterocycles. The number of rotatable bonds is 6. The van der Waals surface area contributed by atoms with Crippen molar-refractivity contribution in [3.05, 3.63) is 30.2 Å². The zero-order valence-electron chi connectivity index (χ0n) is 14.1. The van der Waals surface area contributed by atoms with E-state index in [4.69, 9.17) is 9.26 Å². The molecule has 1 aliphatic rings. The molecule has 0 unspecified atom stereocenters. The first-order chi connectivity index (χ1) is 12.2. The Kier molecular flexibility index (Phi) is 5.27. The summed E-state index contributed by atoms with van der Waals surface area (Å²) in [5, 5.41) is 3.96. The van der Waals surface area contributed by atoms with Crippen molar-refractivity contribution in [2.24, 2.45) is 0 Å². The van der Waals surface area contributed by atoms with Gasteiger partial charge in [0, 0.05) is 44.6 Å². The molecule has 0 atom stereocenters. The third-order valence-corrected chi connectivity index (χ3v) is 4.16. The van der Waals surface area contributed by atoms with Crippen molar-refractivity contribution in [1.82, 2.24) is 19.9 Å². The van der Waals surface area contributed by atoms with Crippen molar-refractivity contribution in [2.75, 3.05) is 33.3 Å². The van der Waals surface area contributed by atoms with Crippen LogP contribution in [-0.2, 0) is 16.0 Å². The minimum Gasteiger partial charge on any atom is -0.497 e. The van der Waals surface area contributed by atoms with Crippen molar-refractivity contribution >= 4 is 12.3 Å². The molecule has 3 rings (SSSR count). The van der Waals surface area contributed by atoms with Crippen LogP contribution in [0.25, 0.3) is 11.4 Å². The number of carbonyl (C=O) groups excluding carboxylic acids is 2. The molecule has 0 N–H and O–H groups in total. The van der Waals surface area contributed by atoms with E-state index >= 15 is 0 Å². The summed E-state index contributed by atoms with van der Waals surface area (Å²) in [6.07, 6.45) is 1.52. The van der Waals surface area contributed by atoms with Crippen LogP contribution < -0.4 is 4.74 Å². The van der Waals surface area contributed by atoms with E-state index in [0.29, 0.717) is 56.5 Å². The molecule has 1 fully saturated rings. The van der Waals surface area contributed by atoms with Crippen LogP contribution in [0.1, 0.15) is 12.3 Å². The molecule has 0 spiro atoms. The summed E-state index contributed by atoms with van der Waals surface area (Å²) < 4.78 is 10.4. The van der Waals surface area contributed by atoms with Gasteiger partial charge in [-0.1, -0.05) is 17.3 Å². The summed E-state index contributed by atoms with van der Waals surface area (Å²) in [6.45, 7) is 2.29. The lowest BCUT2D eigenvalue weighted by atomic mass is 10.2. The first-order valence-electron chi connectivity index (χ1n) is 8.13. The molecule has 1 saturated heterocycles. The molecule has 132 valence electrons. The van der Waals surface area contributed by atoms with E-state index in [1.54, 1.807) is 16.9 Å². The van der Waals surface area contributed by atoms with Crippen LogP contribution >= 0.6 is 0 Å². The van der Waals surface area contributed by atoms with E-state index in [0.717, 1.165) is 12.0 Å². The Bertz CT molecular complexity index is 738. The number of aromatic nitrogens is 2. The van der Waals surface area contributed by atoms with Gasteiger partial charge in [-0.3, -0.25) is 9.59 Å². The standard InChI is InChI=1S/C17H20N4O4/c1-24-14-4-2-3-13(11-14)17-18-15(25-19-17)5-6-16(23)21-9-7-20(12-22)8-10-21/h2-4,11-12H,5-10H2,1H3. The lowest BCUT2D eigenvalue weighted by Crippen LogP contribution is -2.48. The Hall–Kier alpha value is -2.90. The second-order valence-electron chi connectivity index (χ2n) is 5.77. The highest BCUT2D eigenvalue weighted by Gasteiger charge is 2.20. The van der Waals surface area contributed by atoms with Crippen molar-refractivity contribution in [1.29, 1.82) is 0 Å². The molecular formula is C17H20N4O4. The molecule has 2 amide bonds. The number of piperazine rings is 1. The monoisotopic (exact) mass is 344 g/mol. The number of nitrogens with zero attached hydrogens (tertiary/aromatic N) is 4. The van der Waals surface area contributed by atoms with Crippen molar-refractivity contribution in [2.45, 2.75) is 12.8 Å². The lowest BCUT2D eigenvalue weighted by Gasteiger charge is -2.32. The van der Waals surface area contributed by atoms with Gasteiger partial charge in [-0.25, -0.2) is 0 Å². The molecule has 0 bridgehead atoms. The zero-order chi connectivity index (χ0) is 17.6. The summed E-state index contributed by atoms with van der Waals surface area (Å²) in [6, 6.07) is 7.39. The predicted octanol–water partition coefficient (Wildman–Crippen LogP) is 0.978. The van der Waals surface area contributed by atoms with Gasteiger partial charge in [0.2, 0.25) is 24.0 Å². The summed E-state index contributed by atoms with van der Waals surface area (Å²) in [5.41, 5.74) is 0.797. The van der Waals surface area contributed by atoms with E-state index in [1.165, 1.54) is 0 Å². The Balaban J connectivity index is 1.55. The fourth-order valence-corrected chi connectivity index (χ4v) is 2.68. The van der Waals surface area contributed by atoms with Crippen molar-refractivity contribution in [3.63, 3.8) is 0 Å². The molecular weight excluding hydrogens is 324 g/mol. The summed E-state index contributed by atoms with van der Waals surface area (Å²) in [5.74, 6) is 1.65. The van der Waals surface area contributed by atoms with Crippen LogP contribution in [0.4, 0.5) is 0 Å². The average molecular weight is 344 g/mol. The van der Waals surface area contributed by atoms with Gasteiger partial charge in [0.1, 0.15) is 5.75 Å². The fraction of sp³-hybridized carbons (Fsp3) is 0.412. The molecule has 25 heavy (non-hydrogen) atoms. The van der Waals surface area contributed by atoms with E-state index in [1.807, 2.05) is 24.3 Å². The Morgan fingerprint density at radius 2 is 2.12 bits per heavy atom. The number of hydrogen-bond acceptors (Lipinski definition) is 6. The van der Waals surface area contributed by atoms with E-state index in [9.17, 15) is 9.59 Å². The van der Waals surface area contributed by atoms with Gasteiger partial charge in [-0.2, -0.15) is 4.98 Å². The Labute approximate surface area is 145 Å². The van der Waals surface area contributed by atoms with Gasteiger partial charge in [0.15, 0.2) is 0 Å². The largest absolute Gasteiger partial charge is 0.497 e. The topological polar surface area (TPSA) is 88.8 Å². The van der Waals surface area contributed by atoms with Gasteiger partial charge < -0.3 is 19.1 Å². The Morgan fingerprint density at radius 1 is 1.32 bits per heavy atom. The van der Waals surface area contributed by atoms with Gasteiger partial charge in [0.05, 0.1) is 7.11 Å². The van der Waals surface area contributed by atoms with Gasteiger partial charge in [0.25, 0.3) is 0 Å². The van der Waals surface area contributed by atoms with Crippen LogP contribution in [0.3, 0.4) is 0 Å². The zero-order valence-corrected chi connectivity index (χ0v) is 14.1. The number of aryl methyl sites for hydroxylation is 1. The van der Waals surface area contributed by atoms with Gasteiger partial charge in [-0.05, 0) is 12.1 Å². The highest BCUT2D eigenvalue weighted by atomic mass is 16.5. The summed E-state index contributed by atoms with van der Waals surface area (Å²) >= 11 is 0. The molecule has 1 aromatic heterocycles. The molecule has 1 aromatic carbocycles. The molecule has 0 radical (unpaired) electrons.